The summed E-state index contributed by atoms with van der Waals surface area (Å²) < 4.78 is 5.92. The van der Waals surface area contributed by atoms with Crippen molar-refractivity contribution in [1.29, 1.82) is 0 Å². The van der Waals surface area contributed by atoms with Gasteiger partial charge in [0.25, 0.3) is 0 Å². The minimum absolute atomic E-state index is 0.111. The van der Waals surface area contributed by atoms with E-state index in [1.807, 2.05) is 42.7 Å². The maximum absolute atomic E-state index is 12.6. The molecule has 3 aromatic heterocycles. The number of benzene rings is 1. The topological polar surface area (TPSA) is 71.3 Å². The Morgan fingerprint density at radius 3 is 2.78 bits per heavy atom. The molecule has 5 rings (SSSR count). The molecule has 160 valence electrons. The number of amides is 2. The average Bonchev–Trinajstić information content (AvgIpc) is 3.45. The second-order valence-corrected chi connectivity index (χ2v) is 8.01. The van der Waals surface area contributed by atoms with Gasteiger partial charge in [-0.05, 0) is 65.1 Å². The molecule has 6 heteroatoms. The van der Waals surface area contributed by atoms with Gasteiger partial charge in [0.15, 0.2) is 0 Å². The van der Waals surface area contributed by atoms with Gasteiger partial charge in [0.05, 0.1) is 12.2 Å². The largest absolute Gasteiger partial charge is 0.459 e. The molecule has 1 aliphatic rings. The van der Waals surface area contributed by atoms with E-state index in [1.54, 1.807) is 11.1 Å². The average molecular weight is 425 g/mol. The van der Waals surface area contributed by atoms with Crippen molar-refractivity contribution >= 4 is 22.6 Å². The summed E-state index contributed by atoms with van der Waals surface area (Å²) in [7, 11) is 0. The van der Waals surface area contributed by atoms with E-state index in [4.69, 9.17) is 4.42 Å². The fraction of sp³-hybridized carbons (Fsp3) is 0.192. The van der Waals surface area contributed by atoms with E-state index in [0.717, 1.165) is 50.9 Å². The van der Waals surface area contributed by atoms with Crippen LogP contribution in [0.1, 0.15) is 35.8 Å². The molecular formula is C26H24N4O2. The first-order valence-corrected chi connectivity index (χ1v) is 10.7. The second kappa shape index (κ2) is 8.30. The maximum Gasteiger partial charge on any atom is 0.318 e. The van der Waals surface area contributed by atoms with Gasteiger partial charge in [-0.1, -0.05) is 19.6 Å². The SMILES string of the molecule is C=C(CC)c1ccc(-c2ccc3oc(CNC(=O)N4Cc5ccncc5C4)cc3c2)nc1. The molecule has 4 heterocycles. The summed E-state index contributed by atoms with van der Waals surface area (Å²) in [4.78, 5) is 23.1. The summed E-state index contributed by atoms with van der Waals surface area (Å²) in [6.45, 7) is 7.67. The zero-order chi connectivity index (χ0) is 22.1. The summed E-state index contributed by atoms with van der Waals surface area (Å²) in [6, 6.07) is 13.9. The number of carbonyl (C=O) groups excluding carboxylic acids is 1. The lowest BCUT2D eigenvalue weighted by molar-refractivity contribution is 0.197. The molecule has 1 aromatic carbocycles. The third-order valence-electron chi connectivity index (χ3n) is 5.89. The lowest BCUT2D eigenvalue weighted by Gasteiger charge is -2.15. The van der Waals surface area contributed by atoms with E-state index >= 15 is 0 Å². The van der Waals surface area contributed by atoms with Gasteiger partial charge in [-0.25, -0.2) is 4.79 Å². The highest BCUT2D eigenvalue weighted by atomic mass is 16.3. The fourth-order valence-corrected chi connectivity index (χ4v) is 3.96. The van der Waals surface area contributed by atoms with Crippen LogP contribution >= 0.6 is 0 Å². The Kier molecular flexibility index (Phi) is 5.19. The molecule has 0 fully saturated rings. The van der Waals surface area contributed by atoms with Crippen molar-refractivity contribution in [1.82, 2.24) is 20.2 Å². The smallest absolute Gasteiger partial charge is 0.318 e. The lowest BCUT2D eigenvalue weighted by Crippen LogP contribution is -2.35. The molecule has 0 radical (unpaired) electrons. The van der Waals surface area contributed by atoms with Crippen molar-refractivity contribution in [3.8, 4) is 11.3 Å². The number of carbonyl (C=O) groups is 1. The summed E-state index contributed by atoms with van der Waals surface area (Å²) in [5, 5.41) is 3.94. The number of hydrogen-bond acceptors (Lipinski definition) is 4. The predicted octanol–water partition coefficient (Wildman–Crippen LogP) is 5.54. The highest BCUT2D eigenvalue weighted by Crippen LogP contribution is 2.27. The number of nitrogens with one attached hydrogen (secondary N) is 1. The Labute approximate surface area is 186 Å². The van der Waals surface area contributed by atoms with Crippen molar-refractivity contribution in [2.45, 2.75) is 33.0 Å². The van der Waals surface area contributed by atoms with Crippen LogP contribution < -0.4 is 5.32 Å². The van der Waals surface area contributed by atoms with Gasteiger partial charge in [-0.3, -0.25) is 9.97 Å². The van der Waals surface area contributed by atoms with Crippen molar-refractivity contribution in [3.63, 3.8) is 0 Å². The normalized spacial score (nSPS) is 12.7. The van der Waals surface area contributed by atoms with Crippen LogP contribution in [0.25, 0.3) is 27.8 Å². The maximum atomic E-state index is 12.6. The minimum atomic E-state index is -0.111. The lowest BCUT2D eigenvalue weighted by atomic mass is 10.0. The number of nitrogens with zero attached hydrogens (tertiary/aromatic N) is 3. The molecule has 1 N–H and O–H groups in total. The molecule has 6 nitrogen and oxygen atoms in total. The van der Waals surface area contributed by atoms with E-state index in [-0.39, 0.29) is 6.03 Å². The Bertz CT molecular complexity index is 1280. The van der Waals surface area contributed by atoms with E-state index in [2.05, 4.69) is 40.9 Å². The highest BCUT2D eigenvalue weighted by Gasteiger charge is 2.23. The van der Waals surface area contributed by atoms with Crippen LogP contribution in [0.2, 0.25) is 0 Å². The number of fused-ring (bicyclic) bond motifs is 2. The number of urea groups is 1. The minimum Gasteiger partial charge on any atom is -0.459 e. The monoisotopic (exact) mass is 424 g/mol. The van der Waals surface area contributed by atoms with Gasteiger partial charge in [-0.2, -0.15) is 0 Å². The molecule has 0 spiro atoms. The van der Waals surface area contributed by atoms with E-state index in [0.29, 0.717) is 25.4 Å². The van der Waals surface area contributed by atoms with Crippen LogP contribution in [0.4, 0.5) is 4.79 Å². The molecular weight excluding hydrogens is 400 g/mol. The second-order valence-electron chi connectivity index (χ2n) is 8.01. The molecule has 0 unspecified atom stereocenters. The van der Waals surface area contributed by atoms with E-state index < -0.39 is 0 Å². The van der Waals surface area contributed by atoms with Gasteiger partial charge < -0.3 is 14.6 Å². The highest BCUT2D eigenvalue weighted by molar-refractivity contribution is 5.84. The Balaban J connectivity index is 1.26. The van der Waals surface area contributed by atoms with E-state index in [1.165, 1.54) is 0 Å². The molecule has 1 aliphatic heterocycles. The molecule has 0 saturated carbocycles. The summed E-state index contributed by atoms with van der Waals surface area (Å²) in [5.74, 6) is 0.714. The van der Waals surface area contributed by atoms with Crippen LogP contribution in [-0.4, -0.2) is 20.9 Å². The van der Waals surface area contributed by atoms with Crippen LogP contribution in [0.15, 0.2) is 72.1 Å². The van der Waals surface area contributed by atoms with Crippen LogP contribution in [0.5, 0.6) is 0 Å². The number of rotatable bonds is 5. The van der Waals surface area contributed by atoms with Crippen LogP contribution in [0.3, 0.4) is 0 Å². The summed E-state index contributed by atoms with van der Waals surface area (Å²) in [5.41, 5.74) is 7.09. The Morgan fingerprint density at radius 1 is 1.12 bits per heavy atom. The van der Waals surface area contributed by atoms with Crippen molar-refractivity contribution < 1.29 is 9.21 Å². The first-order chi connectivity index (χ1) is 15.6. The number of hydrogen-bond donors (Lipinski definition) is 1. The van der Waals surface area contributed by atoms with Gasteiger partial charge in [0.2, 0.25) is 0 Å². The Hall–Kier alpha value is -3.93. The number of aromatic nitrogens is 2. The summed E-state index contributed by atoms with van der Waals surface area (Å²) >= 11 is 0. The van der Waals surface area contributed by atoms with Gasteiger partial charge in [0.1, 0.15) is 11.3 Å². The number of pyridine rings is 2. The Morgan fingerprint density at radius 2 is 2.00 bits per heavy atom. The van der Waals surface area contributed by atoms with Crippen molar-refractivity contribution in [3.05, 3.63) is 90.1 Å². The molecule has 0 atom stereocenters. The third kappa shape index (κ3) is 3.87. The van der Waals surface area contributed by atoms with Gasteiger partial charge in [-0.15, -0.1) is 0 Å². The van der Waals surface area contributed by atoms with Gasteiger partial charge >= 0.3 is 6.03 Å². The third-order valence-corrected chi connectivity index (χ3v) is 5.89. The van der Waals surface area contributed by atoms with Crippen molar-refractivity contribution in [2.75, 3.05) is 0 Å². The van der Waals surface area contributed by atoms with E-state index in [9.17, 15) is 4.79 Å². The molecule has 2 amide bonds. The quantitative estimate of drug-likeness (QED) is 0.457. The van der Waals surface area contributed by atoms with Crippen LogP contribution in [-0.2, 0) is 19.6 Å². The molecule has 0 bridgehead atoms. The standard InChI is InChI=1S/C26H24N4O2/c1-3-17(2)19-4-6-24(28-13-19)18-5-7-25-21(10-18)11-23(32-25)14-29-26(31)30-15-20-8-9-27-12-22(20)16-30/h4-13H,2-3,14-16H2,1H3,(H,29,31). The fourth-order valence-electron chi connectivity index (χ4n) is 3.96. The molecule has 0 saturated heterocycles. The van der Waals surface area contributed by atoms with Gasteiger partial charge in [0, 0.05) is 42.6 Å². The molecule has 4 aromatic rings. The summed E-state index contributed by atoms with van der Waals surface area (Å²) in [6.07, 6.45) is 6.36. The molecule has 0 aliphatic carbocycles. The zero-order valence-corrected chi connectivity index (χ0v) is 18.0. The molecule has 32 heavy (non-hydrogen) atoms. The van der Waals surface area contributed by atoms with Crippen molar-refractivity contribution in [2.24, 2.45) is 0 Å². The number of allylic oxidation sites excluding steroid dienone is 1. The first kappa shape index (κ1) is 20.0. The first-order valence-electron chi connectivity index (χ1n) is 10.7. The number of furan rings is 1. The predicted molar refractivity (Wildman–Crippen MR) is 124 cm³/mol. The zero-order valence-electron chi connectivity index (χ0n) is 18.0. The van der Waals surface area contributed by atoms with Crippen LogP contribution in [0, 0.1) is 0 Å².